The molecule has 1 heterocycles. The van der Waals surface area contributed by atoms with Crippen molar-refractivity contribution in [1.29, 1.82) is 0 Å². The minimum Gasteiger partial charge on any atom is -0.485 e. The highest BCUT2D eigenvalue weighted by Gasteiger charge is 2.34. The molecule has 2 rings (SSSR count). The first kappa shape index (κ1) is 11.4. The molecule has 2 unspecified atom stereocenters. The summed E-state index contributed by atoms with van der Waals surface area (Å²) in [4.78, 5) is 0. The summed E-state index contributed by atoms with van der Waals surface area (Å²) in [5, 5.41) is 3.42. The zero-order valence-electron chi connectivity index (χ0n) is 9.79. The Morgan fingerprint density at radius 2 is 2.19 bits per heavy atom. The highest BCUT2D eigenvalue weighted by molar-refractivity contribution is 5.41. The number of halogens is 1. The van der Waals surface area contributed by atoms with Crippen molar-refractivity contribution in [2.45, 2.75) is 38.8 Å². The van der Waals surface area contributed by atoms with Crippen molar-refractivity contribution in [2.24, 2.45) is 0 Å². The molecule has 0 bridgehead atoms. The van der Waals surface area contributed by atoms with E-state index in [9.17, 15) is 4.39 Å². The van der Waals surface area contributed by atoms with E-state index in [0.29, 0.717) is 5.75 Å². The van der Waals surface area contributed by atoms with Gasteiger partial charge < -0.3 is 10.1 Å². The maximum absolute atomic E-state index is 13.5. The molecule has 2 nitrogen and oxygen atoms in total. The highest BCUT2D eigenvalue weighted by Crippen LogP contribution is 2.39. The van der Waals surface area contributed by atoms with Crippen molar-refractivity contribution in [3.63, 3.8) is 0 Å². The molecule has 88 valence electrons. The summed E-state index contributed by atoms with van der Waals surface area (Å²) in [6.07, 6.45) is 2.01. The molecular weight excluding hydrogens is 205 g/mol. The van der Waals surface area contributed by atoms with Gasteiger partial charge in [0.25, 0.3) is 0 Å². The summed E-state index contributed by atoms with van der Waals surface area (Å²) in [5.74, 6) is 0.180. The molecule has 0 aliphatic carbocycles. The predicted molar refractivity (Wildman–Crippen MR) is 62.1 cm³/mol. The number of fused-ring (bicyclic) bond motifs is 1. The predicted octanol–water partition coefficient (Wildman–Crippen LogP) is 3.04. The zero-order valence-corrected chi connectivity index (χ0v) is 9.79. The lowest BCUT2D eigenvalue weighted by molar-refractivity contribution is 0.180. The summed E-state index contributed by atoms with van der Waals surface area (Å²) in [6.45, 7) is 5.12. The molecule has 1 N–H and O–H groups in total. The summed E-state index contributed by atoms with van der Waals surface area (Å²) in [6, 6.07) is 5.28. The first-order valence-electron chi connectivity index (χ1n) is 5.96. The summed E-state index contributed by atoms with van der Waals surface area (Å²) >= 11 is 0. The van der Waals surface area contributed by atoms with E-state index >= 15 is 0 Å². The van der Waals surface area contributed by atoms with E-state index < -0.39 is 0 Å². The maximum Gasteiger partial charge on any atom is 0.165 e. The van der Waals surface area contributed by atoms with Gasteiger partial charge in [-0.25, -0.2) is 4.39 Å². The third-order valence-electron chi connectivity index (χ3n) is 2.99. The van der Waals surface area contributed by atoms with Crippen LogP contribution in [0.4, 0.5) is 4.39 Å². The van der Waals surface area contributed by atoms with Crippen LogP contribution in [-0.4, -0.2) is 12.6 Å². The molecule has 0 saturated heterocycles. The lowest BCUT2D eigenvalue weighted by Gasteiger charge is -2.18. The first-order chi connectivity index (χ1) is 7.77. The molecule has 16 heavy (non-hydrogen) atoms. The van der Waals surface area contributed by atoms with Crippen molar-refractivity contribution in [2.75, 3.05) is 6.54 Å². The van der Waals surface area contributed by atoms with Gasteiger partial charge in [0.2, 0.25) is 0 Å². The van der Waals surface area contributed by atoms with E-state index in [4.69, 9.17) is 4.74 Å². The van der Waals surface area contributed by atoms with Crippen molar-refractivity contribution in [1.82, 2.24) is 5.32 Å². The number of hydrogen-bond acceptors (Lipinski definition) is 2. The van der Waals surface area contributed by atoms with Crippen LogP contribution < -0.4 is 10.1 Å². The van der Waals surface area contributed by atoms with E-state index in [0.717, 1.165) is 24.9 Å². The van der Waals surface area contributed by atoms with Gasteiger partial charge in [-0.2, -0.15) is 0 Å². The normalized spacial score (nSPS) is 22.9. The van der Waals surface area contributed by atoms with E-state index in [-0.39, 0.29) is 18.0 Å². The quantitative estimate of drug-likeness (QED) is 0.847. The molecule has 0 fully saturated rings. The van der Waals surface area contributed by atoms with Gasteiger partial charge in [-0.05, 0) is 25.5 Å². The standard InChI is InChI=1S/C13H18FNO/c1-3-8-15-12-9-6-5-7-10(14)13(9)16-11(12)4-2/h5-7,11-12,15H,3-4,8H2,1-2H3. The van der Waals surface area contributed by atoms with Gasteiger partial charge in [-0.15, -0.1) is 0 Å². The third kappa shape index (κ3) is 1.92. The summed E-state index contributed by atoms with van der Waals surface area (Å²) in [7, 11) is 0. The van der Waals surface area contributed by atoms with Crippen LogP contribution in [0.3, 0.4) is 0 Å². The second kappa shape index (κ2) is 4.83. The molecule has 1 aromatic carbocycles. The Balaban J connectivity index is 2.26. The smallest absolute Gasteiger partial charge is 0.165 e. The van der Waals surface area contributed by atoms with Crippen LogP contribution in [-0.2, 0) is 0 Å². The Morgan fingerprint density at radius 1 is 1.38 bits per heavy atom. The van der Waals surface area contributed by atoms with Crippen LogP contribution in [0.2, 0.25) is 0 Å². The number of hydrogen-bond donors (Lipinski definition) is 1. The molecule has 0 aromatic heterocycles. The largest absolute Gasteiger partial charge is 0.485 e. The molecule has 1 aliphatic heterocycles. The summed E-state index contributed by atoms with van der Waals surface area (Å²) < 4.78 is 19.2. The van der Waals surface area contributed by atoms with Gasteiger partial charge >= 0.3 is 0 Å². The van der Waals surface area contributed by atoms with Crippen LogP contribution in [0.15, 0.2) is 18.2 Å². The fraction of sp³-hybridized carbons (Fsp3) is 0.538. The van der Waals surface area contributed by atoms with Crippen LogP contribution in [0, 0.1) is 5.82 Å². The molecule has 0 amide bonds. The molecular formula is C13H18FNO. The SMILES string of the molecule is CCCNC1c2cccc(F)c2OC1CC. The van der Waals surface area contributed by atoms with Crippen LogP contribution in [0.5, 0.6) is 5.75 Å². The molecule has 0 spiro atoms. The summed E-state index contributed by atoms with van der Waals surface area (Å²) in [5.41, 5.74) is 0.959. The maximum atomic E-state index is 13.5. The zero-order chi connectivity index (χ0) is 11.5. The number of rotatable bonds is 4. The van der Waals surface area contributed by atoms with E-state index in [1.165, 1.54) is 6.07 Å². The van der Waals surface area contributed by atoms with Crippen molar-refractivity contribution in [3.8, 4) is 5.75 Å². The van der Waals surface area contributed by atoms with Crippen molar-refractivity contribution >= 4 is 0 Å². The van der Waals surface area contributed by atoms with E-state index in [1.807, 2.05) is 6.07 Å². The average molecular weight is 223 g/mol. The van der Waals surface area contributed by atoms with E-state index in [2.05, 4.69) is 19.2 Å². The lowest BCUT2D eigenvalue weighted by Crippen LogP contribution is -2.30. The Morgan fingerprint density at radius 3 is 2.88 bits per heavy atom. The van der Waals surface area contributed by atoms with Gasteiger partial charge in [-0.1, -0.05) is 26.0 Å². The minimum atomic E-state index is -0.253. The van der Waals surface area contributed by atoms with Gasteiger partial charge in [0.05, 0.1) is 6.04 Å². The van der Waals surface area contributed by atoms with Crippen LogP contribution >= 0.6 is 0 Å². The van der Waals surface area contributed by atoms with Crippen LogP contribution in [0.1, 0.15) is 38.3 Å². The van der Waals surface area contributed by atoms with Gasteiger partial charge in [0.15, 0.2) is 11.6 Å². The number of ether oxygens (including phenoxy) is 1. The second-order valence-electron chi connectivity index (χ2n) is 4.15. The van der Waals surface area contributed by atoms with Crippen molar-refractivity contribution < 1.29 is 9.13 Å². The number of benzene rings is 1. The van der Waals surface area contributed by atoms with Gasteiger partial charge in [0, 0.05) is 5.56 Å². The van der Waals surface area contributed by atoms with Crippen molar-refractivity contribution in [3.05, 3.63) is 29.6 Å². The van der Waals surface area contributed by atoms with E-state index in [1.54, 1.807) is 6.07 Å². The average Bonchev–Trinajstić information content (AvgIpc) is 2.66. The monoisotopic (exact) mass is 223 g/mol. The third-order valence-corrected chi connectivity index (χ3v) is 2.99. The fourth-order valence-electron chi connectivity index (χ4n) is 2.17. The molecule has 0 saturated carbocycles. The topological polar surface area (TPSA) is 21.3 Å². The molecule has 3 heteroatoms. The lowest BCUT2D eigenvalue weighted by atomic mass is 10.0. The second-order valence-corrected chi connectivity index (χ2v) is 4.15. The first-order valence-corrected chi connectivity index (χ1v) is 5.96. The van der Waals surface area contributed by atoms with Gasteiger partial charge in [0.1, 0.15) is 6.10 Å². The minimum absolute atomic E-state index is 0.0541. The number of nitrogens with one attached hydrogen (secondary N) is 1. The fourth-order valence-corrected chi connectivity index (χ4v) is 2.17. The van der Waals surface area contributed by atoms with Crippen LogP contribution in [0.25, 0.3) is 0 Å². The molecule has 1 aliphatic rings. The number of para-hydroxylation sites is 1. The van der Waals surface area contributed by atoms with Gasteiger partial charge in [-0.3, -0.25) is 0 Å². The highest BCUT2D eigenvalue weighted by atomic mass is 19.1. The Hall–Kier alpha value is -1.09. The Kier molecular flexibility index (Phi) is 3.44. The molecule has 2 atom stereocenters. The Bertz CT molecular complexity index is 367. The molecule has 1 aromatic rings. The molecule has 0 radical (unpaired) electrons. The Labute approximate surface area is 95.8 Å².